The molecule has 2 atom stereocenters. The van der Waals surface area contributed by atoms with E-state index in [4.69, 9.17) is 15.6 Å². The Kier molecular flexibility index (Phi) is 6.44. The molecule has 2 unspecified atom stereocenters. The molecule has 0 bridgehead atoms. The van der Waals surface area contributed by atoms with Crippen molar-refractivity contribution in [3.63, 3.8) is 0 Å². The minimum atomic E-state index is -0.547. The van der Waals surface area contributed by atoms with E-state index in [1.165, 1.54) is 4.90 Å². The van der Waals surface area contributed by atoms with Crippen LogP contribution in [0.5, 0.6) is 0 Å². The van der Waals surface area contributed by atoms with E-state index >= 15 is 0 Å². The van der Waals surface area contributed by atoms with Crippen molar-refractivity contribution in [3.8, 4) is 0 Å². The van der Waals surface area contributed by atoms with Crippen LogP contribution in [0.1, 0.15) is 13.3 Å². The number of hydrogen-bond donors (Lipinski definition) is 2. The smallest absolute Gasteiger partial charge is 0.239 e. The van der Waals surface area contributed by atoms with Gasteiger partial charge in [0.2, 0.25) is 5.91 Å². The molecule has 0 saturated heterocycles. The van der Waals surface area contributed by atoms with Gasteiger partial charge in [0.15, 0.2) is 0 Å². The van der Waals surface area contributed by atoms with E-state index in [0.717, 1.165) is 0 Å². The average Bonchev–Trinajstić information content (AvgIpc) is 2.22. The number of hydrogen-bond acceptors (Lipinski definition) is 4. The van der Waals surface area contributed by atoms with Crippen molar-refractivity contribution in [2.45, 2.75) is 25.4 Å². The number of carbonyl (C=O) groups is 1. The zero-order chi connectivity index (χ0) is 11.1. The first-order valence-electron chi connectivity index (χ1n) is 4.66. The monoisotopic (exact) mass is 204 g/mol. The summed E-state index contributed by atoms with van der Waals surface area (Å²) in [5.41, 5.74) is 5.64. The van der Waals surface area contributed by atoms with Crippen LogP contribution in [0, 0.1) is 0 Å². The Labute approximate surface area is 84.8 Å². The maximum atomic E-state index is 11.6. The number of amides is 1. The number of likely N-dealkylation sites (N-methyl/N-ethyl adjacent to an activating group) is 1. The molecule has 14 heavy (non-hydrogen) atoms. The van der Waals surface area contributed by atoms with Gasteiger partial charge >= 0.3 is 0 Å². The van der Waals surface area contributed by atoms with E-state index in [1.807, 2.05) is 0 Å². The van der Waals surface area contributed by atoms with Crippen molar-refractivity contribution in [3.05, 3.63) is 0 Å². The molecule has 0 heterocycles. The summed E-state index contributed by atoms with van der Waals surface area (Å²) in [6.07, 6.45) is 0.498. The summed E-state index contributed by atoms with van der Waals surface area (Å²) in [4.78, 5) is 13.0. The standard InChI is InChI=1S/C9H20N2O3/c1-7(6-12)11(2)9(13)8(10)4-5-14-3/h7-8,12H,4-6,10H2,1-3H3. The van der Waals surface area contributed by atoms with Crippen LogP contribution in [-0.4, -0.2) is 55.4 Å². The second kappa shape index (κ2) is 6.75. The number of aliphatic hydroxyl groups is 1. The Morgan fingerprint density at radius 3 is 2.64 bits per heavy atom. The van der Waals surface area contributed by atoms with Crippen molar-refractivity contribution < 1.29 is 14.6 Å². The van der Waals surface area contributed by atoms with E-state index in [2.05, 4.69) is 0 Å². The molecule has 0 saturated carbocycles. The van der Waals surface area contributed by atoms with Gasteiger partial charge in [0, 0.05) is 20.8 Å². The highest BCUT2D eigenvalue weighted by Crippen LogP contribution is 2.00. The molecular formula is C9H20N2O3. The quantitative estimate of drug-likeness (QED) is 0.593. The predicted molar refractivity (Wildman–Crippen MR) is 53.8 cm³/mol. The zero-order valence-electron chi connectivity index (χ0n) is 9.06. The lowest BCUT2D eigenvalue weighted by atomic mass is 10.2. The molecule has 84 valence electrons. The Morgan fingerprint density at radius 1 is 1.64 bits per heavy atom. The lowest BCUT2D eigenvalue weighted by molar-refractivity contribution is -0.134. The second-order valence-electron chi connectivity index (χ2n) is 3.37. The van der Waals surface area contributed by atoms with Gasteiger partial charge < -0.3 is 20.5 Å². The van der Waals surface area contributed by atoms with Crippen LogP contribution in [0.25, 0.3) is 0 Å². The molecule has 0 aliphatic rings. The van der Waals surface area contributed by atoms with Gasteiger partial charge in [0.05, 0.1) is 18.7 Å². The fourth-order valence-electron chi connectivity index (χ4n) is 0.970. The van der Waals surface area contributed by atoms with Crippen molar-refractivity contribution >= 4 is 5.91 Å². The summed E-state index contributed by atoms with van der Waals surface area (Å²) >= 11 is 0. The summed E-state index contributed by atoms with van der Waals surface area (Å²) in [5, 5.41) is 8.85. The minimum Gasteiger partial charge on any atom is -0.394 e. The van der Waals surface area contributed by atoms with Crippen LogP contribution >= 0.6 is 0 Å². The van der Waals surface area contributed by atoms with Crippen molar-refractivity contribution in [2.24, 2.45) is 5.73 Å². The number of nitrogens with two attached hydrogens (primary N) is 1. The summed E-state index contributed by atoms with van der Waals surface area (Å²) in [7, 11) is 3.20. The molecule has 0 aromatic heterocycles. The van der Waals surface area contributed by atoms with Gasteiger partial charge in [-0.3, -0.25) is 4.79 Å². The third-order valence-electron chi connectivity index (χ3n) is 2.22. The van der Waals surface area contributed by atoms with Gasteiger partial charge in [-0.1, -0.05) is 0 Å². The molecule has 5 heteroatoms. The first kappa shape index (κ1) is 13.4. The third kappa shape index (κ3) is 4.04. The van der Waals surface area contributed by atoms with Gasteiger partial charge in [0.1, 0.15) is 0 Å². The number of carbonyl (C=O) groups excluding carboxylic acids is 1. The molecule has 0 aliphatic heterocycles. The van der Waals surface area contributed by atoms with Crippen LogP contribution in [-0.2, 0) is 9.53 Å². The Hall–Kier alpha value is -0.650. The van der Waals surface area contributed by atoms with Crippen LogP contribution in [0.2, 0.25) is 0 Å². The van der Waals surface area contributed by atoms with Gasteiger partial charge in [-0.15, -0.1) is 0 Å². The second-order valence-corrected chi connectivity index (χ2v) is 3.37. The molecule has 3 N–H and O–H groups in total. The van der Waals surface area contributed by atoms with Crippen LogP contribution in [0.4, 0.5) is 0 Å². The first-order chi connectivity index (χ1) is 6.54. The van der Waals surface area contributed by atoms with Crippen LogP contribution in [0.3, 0.4) is 0 Å². The highest BCUT2D eigenvalue weighted by atomic mass is 16.5. The average molecular weight is 204 g/mol. The van der Waals surface area contributed by atoms with E-state index in [-0.39, 0.29) is 18.6 Å². The van der Waals surface area contributed by atoms with Crippen molar-refractivity contribution in [1.82, 2.24) is 4.90 Å². The molecule has 0 fully saturated rings. The maximum Gasteiger partial charge on any atom is 0.239 e. The lowest BCUT2D eigenvalue weighted by Gasteiger charge is -2.26. The summed E-state index contributed by atoms with van der Waals surface area (Å²) in [6.45, 7) is 2.18. The molecule has 1 amide bonds. The Morgan fingerprint density at radius 2 is 2.21 bits per heavy atom. The molecular weight excluding hydrogens is 184 g/mol. The number of aliphatic hydroxyl groups excluding tert-OH is 1. The summed E-state index contributed by atoms with van der Waals surface area (Å²) < 4.78 is 4.83. The normalized spacial score (nSPS) is 14.9. The summed E-state index contributed by atoms with van der Waals surface area (Å²) in [6, 6.07) is -0.745. The van der Waals surface area contributed by atoms with Crippen molar-refractivity contribution in [1.29, 1.82) is 0 Å². The number of ether oxygens (including phenoxy) is 1. The van der Waals surface area contributed by atoms with Gasteiger partial charge in [0.25, 0.3) is 0 Å². The number of rotatable bonds is 6. The van der Waals surface area contributed by atoms with Gasteiger partial charge in [-0.25, -0.2) is 0 Å². The largest absolute Gasteiger partial charge is 0.394 e. The van der Waals surface area contributed by atoms with Gasteiger partial charge in [-0.2, -0.15) is 0 Å². The van der Waals surface area contributed by atoms with E-state index in [1.54, 1.807) is 21.1 Å². The predicted octanol–water partition coefficient (Wildman–Crippen LogP) is -0.811. The topological polar surface area (TPSA) is 75.8 Å². The molecule has 0 rings (SSSR count). The summed E-state index contributed by atoms with van der Waals surface area (Å²) in [5.74, 6) is -0.163. The van der Waals surface area contributed by atoms with E-state index < -0.39 is 6.04 Å². The minimum absolute atomic E-state index is 0.0563. The Balaban J connectivity index is 4.03. The molecule has 0 aromatic rings. The Bertz CT molecular complexity index is 175. The van der Waals surface area contributed by atoms with Crippen LogP contribution < -0.4 is 5.73 Å². The highest BCUT2D eigenvalue weighted by Gasteiger charge is 2.20. The molecule has 5 nitrogen and oxygen atoms in total. The molecule has 0 aromatic carbocycles. The fraction of sp³-hybridized carbons (Fsp3) is 0.889. The van der Waals surface area contributed by atoms with Gasteiger partial charge in [-0.05, 0) is 13.3 Å². The molecule has 0 aliphatic carbocycles. The maximum absolute atomic E-state index is 11.6. The van der Waals surface area contributed by atoms with Crippen molar-refractivity contribution in [2.75, 3.05) is 27.4 Å². The lowest BCUT2D eigenvalue weighted by Crippen LogP contribution is -2.47. The van der Waals surface area contributed by atoms with E-state index in [9.17, 15) is 4.79 Å². The SMILES string of the molecule is COCCC(N)C(=O)N(C)C(C)CO. The molecule has 0 radical (unpaired) electrons. The molecule has 0 spiro atoms. The number of nitrogens with zero attached hydrogens (tertiary/aromatic N) is 1. The number of methoxy groups -OCH3 is 1. The fourth-order valence-corrected chi connectivity index (χ4v) is 0.970. The highest BCUT2D eigenvalue weighted by molar-refractivity contribution is 5.81. The third-order valence-corrected chi connectivity index (χ3v) is 2.22. The first-order valence-corrected chi connectivity index (χ1v) is 4.66. The van der Waals surface area contributed by atoms with E-state index in [0.29, 0.717) is 13.0 Å². The zero-order valence-corrected chi connectivity index (χ0v) is 9.06. The van der Waals surface area contributed by atoms with Crippen LogP contribution in [0.15, 0.2) is 0 Å².